The summed E-state index contributed by atoms with van der Waals surface area (Å²) in [5.41, 5.74) is 0.274. The molecule has 0 aliphatic heterocycles. The molecule has 3 rings (SSSR count). The molecule has 0 saturated carbocycles. The minimum absolute atomic E-state index is 0.0492. The summed E-state index contributed by atoms with van der Waals surface area (Å²) in [5.74, 6) is 0.510. The van der Waals surface area contributed by atoms with Crippen LogP contribution < -0.4 is 10.6 Å². The van der Waals surface area contributed by atoms with Gasteiger partial charge in [-0.05, 0) is 26.2 Å². The fraction of sp³-hybridized carbons (Fsp3) is 0.238. The number of halogens is 4. The van der Waals surface area contributed by atoms with Crippen molar-refractivity contribution >= 4 is 29.1 Å². The van der Waals surface area contributed by atoms with Crippen LogP contribution in [0.3, 0.4) is 0 Å². The molecule has 0 bridgehead atoms. The molecule has 0 radical (unpaired) electrons. The van der Waals surface area contributed by atoms with Gasteiger partial charge >= 0.3 is 6.18 Å². The first-order chi connectivity index (χ1) is 14.2. The van der Waals surface area contributed by atoms with E-state index < -0.39 is 11.7 Å². The average molecular weight is 436 g/mol. The number of alkyl halides is 3. The molecule has 2 aromatic carbocycles. The molecular weight excluding hydrogens is 415 g/mol. The Kier molecular flexibility index (Phi) is 6.79. The van der Waals surface area contributed by atoms with Crippen LogP contribution in [-0.4, -0.2) is 42.1 Å². The number of nitrogens with zero attached hydrogens (tertiary/aromatic N) is 3. The molecule has 0 saturated heterocycles. The van der Waals surface area contributed by atoms with E-state index >= 15 is 0 Å². The van der Waals surface area contributed by atoms with Crippen LogP contribution in [0.15, 0.2) is 54.6 Å². The van der Waals surface area contributed by atoms with Gasteiger partial charge in [-0.25, -0.2) is 4.98 Å². The molecule has 3 aromatic rings. The molecule has 9 heteroatoms. The zero-order chi connectivity index (χ0) is 21.7. The molecule has 0 amide bonds. The van der Waals surface area contributed by atoms with Gasteiger partial charge in [0, 0.05) is 24.7 Å². The summed E-state index contributed by atoms with van der Waals surface area (Å²) in [6.07, 6.45) is -4.56. The van der Waals surface area contributed by atoms with Crippen LogP contribution >= 0.6 is 11.6 Å². The Labute approximate surface area is 177 Å². The minimum Gasteiger partial charge on any atom is -0.353 e. The first kappa shape index (κ1) is 21.9. The molecule has 1 aromatic heterocycles. The smallest absolute Gasteiger partial charge is 0.353 e. The Bertz CT molecular complexity index is 994. The van der Waals surface area contributed by atoms with Gasteiger partial charge in [0.05, 0.1) is 22.0 Å². The third-order valence-electron chi connectivity index (χ3n) is 4.21. The van der Waals surface area contributed by atoms with Crippen LogP contribution in [-0.2, 0) is 6.18 Å². The SMILES string of the molecule is CN(C)CCNc1nc(Nc2c(Cl)cccc2C(F)(F)F)cc(-c2ccccc2)n1. The lowest BCUT2D eigenvalue weighted by atomic mass is 10.1. The third-order valence-corrected chi connectivity index (χ3v) is 4.52. The zero-order valence-electron chi connectivity index (χ0n) is 16.5. The summed E-state index contributed by atoms with van der Waals surface area (Å²) < 4.78 is 40.3. The van der Waals surface area contributed by atoms with Crippen molar-refractivity contribution in [2.75, 3.05) is 37.8 Å². The average Bonchev–Trinajstić information content (AvgIpc) is 2.69. The van der Waals surface area contributed by atoms with Gasteiger partial charge in [0.2, 0.25) is 5.95 Å². The summed E-state index contributed by atoms with van der Waals surface area (Å²) >= 11 is 6.07. The summed E-state index contributed by atoms with van der Waals surface area (Å²) in [7, 11) is 3.87. The van der Waals surface area contributed by atoms with Crippen LogP contribution in [0.2, 0.25) is 5.02 Å². The van der Waals surface area contributed by atoms with Gasteiger partial charge in [-0.3, -0.25) is 0 Å². The van der Waals surface area contributed by atoms with E-state index in [1.165, 1.54) is 12.1 Å². The molecule has 2 N–H and O–H groups in total. The summed E-state index contributed by atoms with van der Waals surface area (Å²) in [6, 6.07) is 14.6. The fourth-order valence-corrected chi connectivity index (χ4v) is 2.98. The lowest BCUT2D eigenvalue weighted by Crippen LogP contribution is -2.21. The summed E-state index contributed by atoms with van der Waals surface area (Å²) in [6.45, 7) is 1.31. The highest BCUT2D eigenvalue weighted by Crippen LogP contribution is 2.40. The molecule has 0 atom stereocenters. The maximum atomic E-state index is 13.4. The van der Waals surface area contributed by atoms with Gasteiger partial charge in [-0.1, -0.05) is 48.0 Å². The summed E-state index contributed by atoms with van der Waals surface area (Å²) in [5, 5.41) is 5.81. The van der Waals surface area contributed by atoms with Gasteiger partial charge in [-0.2, -0.15) is 18.2 Å². The van der Waals surface area contributed by atoms with Crippen molar-refractivity contribution in [2.24, 2.45) is 0 Å². The Hall–Kier alpha value is -2.84. The zero-order valence-corrected chi connectivity index (χ0v) is 17.2. The van der Waals surface area contributed by atoms with Gasteiger partial charge < -0.3 is 15.5 Å². The normalized spacial score (nSPS) is 11.6. The van der Waals surface area contributed by atoms with E-state index in [2.05, 4.69) is 20.6 Å². The molecular formula is C21H21ClF3N5. The van der Waals surface area contributed by atoms with Crippen molar-refractivity contribution in [1.82, 2.24) is 14.9 Å². The highest BCUT2D eigenvalue weighted by molar-refractivity contribution is 6.33. The van der Waals surface area contributed by atoms with Gasteiger partial charge in [0.15, 0.2) is 0 Å². The number of benzene rings is 2. The number of hydrogen-bond donors (Lipinski definition) is 2. The molecule has 5 nitrogen and oxygen atoms in total. The molecule has 158 valence electrons. The van der Waals surface area contributed by atoms with Crippen molar-refractivity contribution < 1.29 is 13.2 Å². The quantitative estimate of drug-likeness (QED) is 0.511. The van der Waals surface area contributed by atoms with E-state index in [-0.39, 0.29) is 16.5 Å². The lowest BCUT2D eigenvalue weighted by Gasteiger charge is -2.17. The number of hydrogen-bond acceptors (Lipinski definition) is 5. The Morgan fingerprint density at radius 3 is 2.40 bits per heavy atom. The van der Waals surface area contributed by atoms with E-state index in [0.29, 0.717) is 18.2 Å². The second-order valence-electron chi connectivity index (χ2n) is 6.84. The fourth-order valence-electron chi connectivity index (χ4n) is 2.75. The number of rotatable bonds is 7. The molecule has 1 heterocycles. The van der Waals surface area contributed by atoms with Gasteiger partial charge in [0.25, 0.3) is 0 Å². The summed E-state index contributed by atoms with van der Waals surface area (Å²) in [4.78, 5) is 10.8. The van der Waals surface area contributed by atoms with Crippen LogP contribution in [0, 0.1) is 0 Å². The van der Waals surface area contributed by atoms with E-state index in [1.807, 2.05) is 49.3 Å². The Morgan fingerprint density at radius 2 is 1.73 bits per heavy atom. The topological polar surface area (TPSA) is 53.1 Å². The van der Waals surface area contributed by atoms with Gasteiger partial charge in [0.1, 0.15) is 5.82 Å². The highest BCUT2D eigenvalue weighted by atomic mass is 35.5. The lowest BCUT2D eigenvalue weighted by molar-refractivity contribution is -0.136. The first-order valence-electron chi connectivity index (χ1n) is 9.20. The van der Waals surface area contributed by atoms with E-state index in [4.69, 9.17) is 11.6 Å². The van der Waals surface area contributed by atoms with Gasteiger partial charge in [-0.15, -0.1) is 0 Å². The monoisotopic (exact) mass is 435 g/mol. The number of nitrogens with one attached hydrogen (secondary N) is 2. The van der Waals surface area contributed by atoms with Crippen LogP contribution in [0.5, 0.6) is 0 Å². The molecule has 0 unspecified atom stereocenters. The Morgan fingerprint density at radius 1 is 1.00 bits per heavy atom. The number of para-hydroxylation sites is 1. The van der Waals surface area contributed by atoms with Crippen LogP contribution in [0.1, 0.15) is 5.56 Å². The minimum atomic E-state index is -4.56. The van der Waals surface area contributed by atoms with E-state index in [9.17, 15) is 13.2 Å². The van der Waals surface area contributed by atoms with Crippen molar-refractivity contribution in [2.45, 2.75) is 6.18 Å². The number of anilines is 3. The van der Waals surface area contributed by atoms with E-state index in [1.54, 1.807) is 6.07 Å². The predicted molar refractivity (Wildman–Crippen MR) is 114 cm³/mol. The van der Waals surface area contributed by atoms with E-state index in [0.717, 1.165) is 18.2 Å². The van der Waals surface area contributed by atoms with Crippen molar-refractivity contribution in [3.05, 3.63) is 65.2 Å². The van der Waals surface area contributed by atoms with Crippen LogP contribution in [0.25, 0.3) is 11.3 Å². The standard InChI is InChI=1S/C21H21ClF3N5/c1-30(2)12-11-26-20-27-17(14-7-4-3-5-8-14)13-18(29-20)28-19-15(21(23,24)25)9-6-10-16(19)22/h3-10,13H,11-12H2,1-2H3,(H2,26,27,28,29). The van der Waals surface area contributed by atoms with Crippen molar-refractivity contribution in [3.63, 3.8) is 0 Å². The molecule has 0 fully saturated rings. The third kappa shape index (κ3) is 5.61. The second kappa shape index (κ2) is 9.32. The largest absolute Gasteiger partial charge is 0.418 e. The number of aromatic nitrogens is 2. The maximum absolute atomic E-state index is 13.4. The Balaban J connectivity index is 2.00. The second-order valence-corrected chi connectivity index (χ2v) is 7.25. The van der Waals surface area contributed by atoms with Crippen molar-refractivity contribution in [1.29, 1.82) is 0 Å². The van der Waals surface area contributed by atoms with Crippen LogP contribution in [0.4, 0.5) is 30.6 Å². The van der Waals surface area contributed by atoms with Crippen molar-refractivity contribution in [3.8, 4) is 11.3 Å². The number of likely N-dealkylation sites (N-methyl/N-ethyl adjacent to an activating group) is 1. The molecule has 30 heavy (non-hydrogen) atoms. The molecule has 0 aliphatic rings. The first-order valence-corrected chi connectivity index (χ1v) is 9.57. The molecule has 0 spiro atoms. The highest BCUT2D eigenvalue weighted by Gasteiger charge is 2.34. The molecule has 0 aliphatic carbocycles. The maximum Gasteiger partial charge on any atom is 0.418 e. The predicted octanol–water partition coefficient (Wildman–Crippen LogP) is 5.53.